The maximum Gasteiger partial charge on any atom is 0.239 e. The van der Waals surface area contributed by atoms with Crippen LogP contribution in [-0.4, -0.2) is 32.7 Å². The van der Waals surface area contributed by atoms with E-state index in [9.17, 15) is 0 Å². The number of anilines is 2. The van der Waals surface area contributed by atoms with Crippen LogP contribution in [0, 0.1) is 5.92 Å². The van der Waals surface area contributed by atoms with Gasteiger partial charge in [-0.2, -0.15) is 0 Å². The van der Waals surface area contributed by atoms with Crippen LogP contribution in [0.25, 0.3) is 0 Å². The molecule has 0 atom stereocenters. The average Bonchev–Trinajstić information content (AvgIpc) is 2.25. The Morgan fingerprint density at radius 3 is 2.62 bits per heavy atom. The number of pyridine rings is 1. The van der Waals surface area contributed by atoms with Gasteiger partial charge in [0, 0.05) is 26.8 Å². The van der Waals surface area contributed by atoms with Crippen LogP contribution < -0.4 is 15.0 Å². The van der Waals surface area contributed by atoms with Crippen molar-refractivity contribution in [2.75, 3.05) is 38.0 Å². The molecule has 1 rings (SSSR count). The smallest absolute Gasteiger partial charge is 0.239 e. The fourth-order valence-corrected chi connectivity index (χ4v) is 1.43. The lowest BCUT2D eigenvalue weighted by Gasteiger charge is -2.20. The Labute approximate surface area is 97.6 Å². The van der Waals surface area contributed by atoms with E-state index >= 15 is 0 Å². The molecule has 90 valence electrons. The summed E-state index contributed by atoms with van der Waals surface area (Å²) in [5.41, 5.74) is 2.05. The van der Waals surface area contributed by atoms with Gasteiger partial charge in [0.2, 0.25) is 5.88 Å². The average molecular weight is 223 g/mol. The maximum atomic E-state index is 5.27. The third-order valence-electron chi connectivity index (χ3n) is 2.26. The van der Waals surface area contributed by atoms with Gasteiger partial charge < -0.3 is 15.0 Å². The van der Waals surface area contributed by atoms with Gasteiger partial charge in [-0.05, 0) is 12.0 Å². The van der Waals surface area contributed by atoms with Crippen LogP contribution in [0.4, 0.5) is 11.4 Å². The van der Waals surface area contributed by atoms with Gasteiger partial charge in [0.25, 0.3) is 0 Å². The van der Waals surface area contributed by atoms with Crippen LogP contribution in [0.15, 0.2) is 12.3 Å². The van der Waals surface area contributed by atoms with Gasteiger partial charge in [-0.3, -0.25) is 0 Å². The Kier molecular flexibility index (Phi) is 4.40. The molecule has 0 aliphatic heterocycles. The second-order valence-electron chi connectivity index (χ2n) is 4.38. The molecule has 4 nitrogen and oxygen atoms in total. The third-order valence-corrected chi connectivity index (χ3v) is 2.26. The molecule has 1 aromatic rings. The van der Waals surface area contributed by atoms with E-state index in [1.54, 1.807) is 13.3 Å². The van der Waals surface area contributed by atoms with Gasteiger partial charge in [-0.15, -0.1) is 0 Å². The van der Waals surface area contributed by atoms with E-state index in [2.05, 4.69) is 24.1 Å². The lowest BCUT2D eigenvalue weighted by Crippen LogP contribution is -2.16. The second-order valence-corrected chi connectivity index (χ2v) is 4.38. The monoisotopic (exact) mass is 223 g/mol. The standard InChI is InChI=1S/C12H21N3O/c1-9(2)8-14-11-10(15(3)4)6-7-13-12(11)16-5/h6-7,9,14H,8H2,1-5H3. The number of hydrogen-bond acceptors (Lipinski definition) is 4. The highest BCUT2D eigenvalue weighted by atomic mass is 16.5. The minimum absolute atomic E-state index is 0.583. The fourth-order valence-electron chi connectivity index (χ4n) is 1.43. The molecule has 0 spiro atoms. The summed E-state index contributed by atoms with van der Waals surface area (Å²) in [5.74, 6) is 1.23. The molecule has 1 N–H and O–H groups in total. The summed E-state index contributed by atoms with van der Waals surface area (Å²) in [4.78, 5) is 6.26. The SMILES string of the molecule is COc1nccc(N(C)C)c1NCC(C)C. The van der Waals surface area contributed by atoms with Crippen molar-refractivity contribution in [1.29, 1.82) is 0 Å². The molecular weight excluding hydrogens is 202 g/mol. The second kappa shape index (κ2) is 5.58. The molecule has 1 heterocycles. The highest BCUT2D eigenvalue weighted by Gasteiger charge is 2.11. The largest absolute Gasteiger partial charge is 0.479 e. The highest BCUT2D eigenvalue weighted by molar-refractivity contribution is 5.74. The molecule has 16 heavy (non-hydrogen) atoms. The number of nitrogens with one attached hydrogen (secondary N) is 1. The van der Waals surface area contributed by atoms with E-state index in [0.717, 1.165) is 17.9 Å². The normalized spacial score (nSPS) is 10.4. The molecule has 0 saturated carbocycles. The highest BCUT2D eigenvalue weighted by Crippen LogP contribution is 2.31. The molecule has 1 aromatic heterocycles. The zero-order valence-electron chi connectivity index (χ0n) is 10.7. The van der Waals surface area contributed by atoms with Crippen LogP contribution >= 0.6 is 0 Å². The number of nitrogens with zero attached hydrogens (tertiary/aromatic N) is 2. The van der Waals surface area contributed by atoms with Crippen LogP contribution in [0.1, 0.15) is 13.8 Å². The van der Waals surface area contributed by atoms with Crippen molar-refractivity contribution in [2.24, 2.45) is 5.92 Å². The summed E-state index contributed by atoms with van der Waals surface area (Å²) in [6, 6.07) is 1.98. The van der Waals surface area contributed by atoms with Crippen molar-refractivity contribution in [1.82, 2.24) is 4.98 Å². The van der Waals surface area contributed by atoms with Gasteiger partial charge in [0.05, 0.1) is 12.8 Å². The molecule has 0 unspecified atom stereocenters. The van der Waals surface area contributed by atoms with Crippen LogP contribution in [-0.2, 0) is 0 Å². The molecule has 0 bridgehead atoms. The van der Waals surface area contributed by atoms with Gasteiger partial charge >= 0.3 is 0 Å². The minimum Gasteiger partial charge on any atom is -0.479 e. The topological polar surface area (TPSA) is 37.4 Å². The Morgan fingerprint density at radius 2 is 2.12 bits per heavy atom. The van der Waals surface area contributed by atoms with Gasteiger partial charge in [-0.1, -0.05) is 13.8 Å². The lowest BCUT2D eigenvalue weighted by atomic mass is 10.2. The van der Waals surface area contributed by atoms with Gasteiger partial charge in [-0.25, -0.2) is 4.98 Å². The number of aromatic nitrogens is 1. The first-order valence-corrected chi connectivity index (χ1v) is 5.50. The quantitative estimate of drug-likeness (QED) is 0.830. The zero-order chi connectivity index (χ0) is 12.1. The maximum absolute atomic E-state index is 5.27. The summed E-state index contributed by atoms with van der Waals surface area (Å²) < 4.78 is 5.27. The summed E-state index contributed by atoms with van der Waals surface area (Å²) in [6.45, 7) is 5.25. The molecule has 0 fully saturated rings. The molecular formula is C12H21N3O. The van der Waals surface area contributed by atoms with Crippen LogP contribution in [0.2, 0.25) is 0 Å². The Bertz CT molecular complexity index is 337. The summed E-state index contributed by atoms with van der Waals surface area (Å²) in [6.07, 6.45) is 1.76. The van der Waals surface area contributed by atoms with E-state index in [-0.39, 0.29) is 0 Å². The Morgan fingerprint density at radius 1 is 1.44 bits per heavy atom. The van der Waals surface area contributed by atoms with Crippen molar-refractivity contribution in [3.63, 3.8) is 0 Å². The van der Waals surface area contributed by atoms with Crippen LogP contribution in [0.5, 0.6) is 5.88 Å². The van der Waals surface area contributed by atoms with Crippen molar-refractivity contribution in [3.05, 3.63) is 12.3 Å². The number of hydrogen-bond donors (Lipinski definition) is 1. The van der Waals surface area contributed by atoms with Crippen molar-refractivity contribution >= 4 is 11.4 Å². The molecule has 0 aliphatic carbocycles. The molecule has 0 radical (unpaired) electrons. The first-order valence-electron chi connectivity index (χ1n) is 5.50. The van der Waals surface area contributed by atoms with Crippen molar-refractivity contribution < 1.29 is 4.74 Å². The first-order chi connectivity index (χ1) is 7.56. The Hall–Kier alpha value is -1.45. The number of rotatable bonds is 5. The van der Waals surface area contributed by atoms with Crippen molar-refractivity contribution in [2.45, 2.75) is 13.8 Å². The van der Waals surface area contributed by atoms with Crippen molar-refractivity contribution in [3.8, 4) is 5.88 Å². The molecule has 0 aliphatic rings. The van der Waals surface area contributed by atoms with Crippen LogP contribution in [0.3, 0.4) is 0 Å². The fraction of sp³-hybridized carbons (Fsp3) is 0.583. The van der Waals surface area contributed by atoms with E-state index < -0.39 is 0 Å². The molecule has 4 heteroatoms. The van der Waals surface area contributed by atoms with E-state index in [1.807, 2.05) is 25.1 Å². The predicted molar refractivity (Wildman–Crippen MR) is 68.4 cm³/mol. The van der Waals surface area contributed by atoms with E-state index in [0.29, 0.717) is 11.8 Å². The lowest BCUT2D eigenvalue weighted by molar-refractivity contribution is 0.399. The molecule has 0 aromatic carbocycles. The van der Waals surface area contributed by atoms with E-state index in [4.69, 9.17) is 4.74 Å². The predicted octanol–water partition coefficient (Wildman–Crippen LogP) is 2.22. The zero-order valence-corrected chi connectivity index (χ0v) is 10.7. The molecule has 0 saturated heterocycles. The van der Waals surface area contributed by atoms with E-state index in [1.165, 1.54) is 0 Å². The minimum atomic E-state index is 0.583. The number of ether oxygens (including phenoxy) is 1. The summed E-state index contributed by atoms with van der Waals surface area (Å²) in [7, 11) is 5.66. The first kappa shape index (κ1) is 12.6. The molecule has 0 amide bonds. The summed E-state index contributed by atoms with van der Waals surface area (Å²) in [5, 5.41) is 3.38. The summed E-state index contributed by atoms with van der Waals surface area (Å²) >= 11 is 0. The number of methoxy groups -OCH3 is 1. The van der Waals surface area contributed by atoms with Gasteiger partial charge in [0.15, 0.2) is 0 Å². The van der Waals surface area contributed by atoms with Gasteiger partial charge in [0.1, 0.15) is 5.69 Å². The third kappa shape index (κ3) is 3.02. The Balaban J connectivity index is 2.99.